The van der Waals surface area contributed by atoms with Crippen molar-refractivity contribution in [3.63, 3.8) is 0 Å². The molecule has 0 amide bonds. The zero-order valence-electron chi connectivity index (χ0n) is 17.5. The Balaban J connectivity index is 1.70. The summed E-state index contributed by atoms with van der Waals surface area (Å²) in [6.45, 7) is 1.95. The minimum atomic E-state index is -0.530. The van der Waals surface area contributed by atoms with Gasteiger partial charge in [0.05, 0.1) is 18.3 Å². The van der Waals surface area contributed by atoms with Crippen LogP contribution in [0.3, 0.4) is 0 Å². The summed E-state index contributed by atoms with van der Waals surface area (Å²) in [5.74, 6) is 0.0719. The van der Waals surface area contributed by atoms with Gasteiger partial charge in [-0.25, -0.2) is 9.78 Å². The summed E-state index contributed by atoms with van der Waals surface area (Å²) in [6.07, 6.45) is 5.01. The number of nitrogens with one attached hydrogen (secondary N) is 3. The molecule has 1 saturated carbocycles. The number of H-pyrrole nitrogens is 2. The second kappa shape index (κ2) is 8.11. The van der Waals surface area contributed by atoms with E-state index in [-0.39, 0.29) is 29.2 Å². The Hall–Kier alpha value is -4.10. The first-order chi connectivity index (χ1) is 15.9. The maximum Gasteiger partial charge on any atom is 0.326 e. The second-order valence-electron chi connectivity index (χ2n) is 7.87. The van der Waals surface area contributed by atoms with E-state index in [1.54, 1.807) is 18.3 Å². The molecule has 3 heterocycles. The molecule has 4 aromatic rings. The molecule has 0 spiro atoms. The number of fused-ring (bicyclic) bond motifs is 1. The van der Waals surface area contributed by atoms with Gasteiger partial charge < -0.3 is 15.4 Å². The van der Waals surface area contributed by atoms with E-state index in [4.69, 9.17) is 16.6 Å². The first-order valence-corrected chi connectivity index (χ1v) is 10.7. The molecule has 3 aromatic heterocycles. The van der Waals surface area contributed by atoms with Gasteiger partial charge in [0.1, 0.15) is 17.3 Å². The van der Waals surface area contributed by atoms with Crippen LogP contribution in [0.5, 0.6) is 5.88 Å². The second-order valence-corrected chi connectivity index (χ2v) is 8.31. The summed E-state index contributed by atoms with van der Waals surface area (Å²) < 4.78 is 1.51. The number of benzene rings is 1. The average molecular weight is 463 g/mol. The van der Waals surface area contributed by atoms with Gasteiger partial charge in [-0.2, -0.15) is 14.9 Å². The number of hydrogen-bond acceptors (Lipinski definition) is 7. The van der Waals surface area contributed by atoms with Crippen molar-refractivity contribution in [3.05, 3.63) is 73.5 Å². The molecule has 1 aliphatic carbocycles. The van der Waals surface area contributed by atoms with E-state index >= 15 is 0 Å². The highest BCUT2D eigenvalue weighted by Crippen LogP contribution is 2.24. The molecule has 1 fully saturated rings. The fraction of sp³-hybridized carbons (Fsp3) is 0.227. The van der Waals surface area contributed by atoms with E-state index < -0.39 is 5.69 Å². The number of halogens is 1. The molecule has 0 radical (unpaired) electrons. The van der Waals surface area contributed by atoms with Crippen LogP contribution in [-0.4, -0.2) is 35.7 Å². The Morgan fingerprint density at radius 2 is 2.24 bits per heavy atom. The van der Waals surface area contributed by atoms with E-state index in [9.17, 15) is 15.2 Å². The van der Waals surface area contributed by atoms with Crippen LogP contribution >= 0.6 is 11.6 Å². The minimum absolute atomic E-state index is 0.141. The molecule has 0 unspecified atom stereocenters. The summed E-state index contributed by atoms with van der Waals surface area (Å²) in [4.78, 5) is 25.7. The van der Waals surface area contributed by atoms with Gasteiger partial charge in [-0.1, -0.05) is 23.7 Å². The Kier molecular flexibility index (Phi) is 5.11. The van der Waals surface area contributed by atoms with E-state index in [1.165, 1.54) is 4.52 Å². The van der Waals surface area contributed by atoms with Crippen molar-refractivity contribution in [2.45, 2.75) is 31.8 Å². The van der Waals surface area contributed by atoms with E-state index in [1.807, 2.05) is 25.1 Å². The first-order valence-electron chi connectivity index (χ1n) is 10.3. The first kappa shape index (κ1) is 20.8. The monoisotopic (exact) mass is 462 g/mol. The highest BCUT2D eigenvalue weighted by Gasteiger charge is 2.23. The van der Waals surface area contributed by atoms with Gasteiger partial charge in [0.15, 0.2) is 17.0 Å². The minimum Gasteiger partial charge on any atom is -0.493 e. The zero-order valence-corrected chi connectivity index (χ0v) is 18.3. The van der Waals surface area contributed by atoms with Crippen molar-refractivity contribution < 1.29 is 5.11 Å². The number of aromatic nitrogens is 5. The van der Waals surface area contributed by atoms with Crippen LogP contribution in [0.15, 0.2) is 40.2 Å². The van der Waals surface area contributed by atoms with Crippen molar-refractivity contribution in [3.8, 4) is 11.9 Å². The number of aromatic amines is 2. The number of hydrogen-bond donors (Lipinski definition) is 4. The van der Waals surface area contributed by atoms with Crippen LogP contribution < -0.4 is 21.7 Å². The number of anilines is 1. The fourth-order valence-electron chi connectivity index (χ4n) is 3.51. The molecular formula is C22H19ClN8O2. The molecule has 10 nitrogen and oxygen atoms in total. The molecule has 11 heteroatoms. The van der Waals surface area contributed by atoms with E-state index in [0.717, 1.165) is 18.4 Å². The van der Waals surface area contributed by atoms with Gasteiger partial charge in [-0.3, -0.25) is 9.98 Å². The maximum atomic E-state index is 11.5. The Labute approximate surface area is 191 Å². The van der Waals surface area contributed by atoms with Crippen LogP contribution in [-0.2, 0) is 0 Å². The molecule has 33 heavy (non-hydrogen) atoms. The zero-order chi connectivity index (χ0) is 23.1. The SMILES string of the molecule is C[C@@H](Nc1nc2/c(=C\c3[nH]c(=O)[nH]c3O)cnn2c(=NC2CC2)c1C#N)c1cccc(Cl)c1. The predicted molar refractivity (Wildman–Crippen MR) is 122 cm³/mol. The standard InChI is InChI=1S/C22H19ClN8O2/c1-11(12-3-2-4-14(23)7-12)26-18-16(9-24)20(27-15-5-6-15)31-19(29-18)13(10-25-31)8-17-21(32)30-22(33)28-17/h2-4,7-8,10-11,15,26,32H,5-6H2,1H3,(H2,28,30,33)/b13-8-,27-20?/t11-/m1/s1. The van der Waals surface area contributed by atoms with Crippen molar-refractivity contribution in [2.75, 3.05) is 5.32 Å². The normalized spacial score (nSPS) is 15.7. The van der Waals surface area contributed by atoms with E-state index in [0.29, 0.717) is 27.2 Å². The average Bonchev–Trinajstić information content (AvgIpc) is 3.43. The quantitative estimate of drug-likeness (QED) is 0.355. The molecule has 1 atom stereocenters. The molecule has 5 rings (SSSR count). The topological polar surface area (TPSA) is 147 Å². The summed E-state index contributed by atoms with van der Waals surface area (Å²) in [7, 11) is 0. The third-order valence-electron chi connectivity index (χ3n) is 5.35. The van der Waals surface area contributed by atoms with Gasteiger partial charge in [-0.15, -0.1) is 0 Å². The van der Waals surface area contributed by atoms with Gasteiger partial charge in [0.25, 0.3) is 0 Å². The Bertz CT molecular complexity index is 1590. The van der Waals surface area contributed by atoms with E-state index in [2.05, 4.69) is 31.4 Å². The smallest absolute Gasteiger partial charge is 0.326 e. The molecule has 1 aromatic carbocycles. The maximum absolute atomic E-state index is 11.5. The van der Waals surface area contributed by atoms with Crippen LogP contribution in [0, 0.1) is 11.3 Å². The fourth-order valence-corrected chi connectivity index (χ4v) is 3.71. The van der Waals surface area contributed by atoms with Crippen molar-refractivity contribution >= 4 is 29.1 Å². The number of imidazole rings is 1. The number of nitriles is 1. The third kappa shape index (κ3) is 4.06. The lowest BCUT2D eigenvalue weighted by Crippen LogP contribution is -2.25. The third-order valence-corrected chi connectivity index (χ3v) is 5.59. The molecule has 4 N–H and O–H groups in total. The molecular weight excluding hydrogens is 444 g/mol. The Morgan fingerprint density at radius 1 is 1.42 bits per heavy atom. The summed E-state index contributed by atoms with van der Waals surface area (Å²) in [5, 5.41) is 28.7. The molecule has 166 valence electrons. The van der Waals surface area contributed by atoms with Crippen molar-refractivity contribution in [1.82, 2.24) is 24.6 Å². The lowest BCUT2D eigenvalue weighted by Gasteiger charge is -2.16. The van der Waals surface area contributed by atoms with Gasteiger partial charge in [0.2, 0.25) is 5.88 Å². The van der Waals surface area contributed by atoms with Crippen LogP contribution in [0.4, 0.5) is 5.82 Å². The van der Waals surface area contributed by atoms with Crippen LogP contribution in [0.1, 0.15) is 42.6 Å². The number of rotatable bonds is 5. The summed E-state index contributed by atoms with van der Waals surface area (Å²) in [6, 6.07) is 9.61. The highest BCUT2D eigenvalue weighted by atomic mass is 35.5. The Morgan fingerprint density at radius 3 is 2.91 bits per heavy atom. The summed E-state index contributed by atoms with van der Waals surface area (Å²) >= 11 is 6.14. The summed E-state index contributed by atoms with van der Waals surface area (Å²) in [5.41, 5.74) is 1.73. The highest BCUT2D eigenvalue weighted by molar-refractivity contribution is 6.30. The van der Waals surface area contributed by atoms with Gasteiger partial charge in [0, 0.05) is 10.2 Å². The molecule has 0 saturated heterocycles. The molecule has 0 bridgehead atoms. The van der Waals surface area contributed by atoms with Gasteiger partial charge in [-0.05, 0) is 43.5 Å². The van der Waals surface area contributed by atoms with Crippen molar-refractivity contribution in [1.29, 1.82) is 5.26 Å². The van der Waals surface area contributed by atoms with Crippen LogP contribution in [0.2, 0.25) is 5.02 Å². The number of nitrogens with zero attached hydrogens (tertiary/aromatic N) is 5. The number of aromatic hydroxyl groups is 1. The molecule has 1 aliphatic rings. The largest absolute Gasteiger partial charge is 0.493 e. The van der Waals surface area contributed by atoms with Crippen molar-refractivity contribution in [2.24, 2.45) is 4.99 Å². The lowest BCUT2D eigenvalue weighted by molar-refractivity contribution is 0.454. The molecule has 0 aliphatic heterocycles. The van der Waals surface area contributed by atoms with Crippen LogP contribution in [0.25, 0.3) is 11.7 Å². The predicted octanol–water partition coefficient (Wildman–Crippen LogP) is 1.76. The lowest BCUT2D eigenvalue weighted by atomic mass is 10.1. The van der Waals surface area contributed by atoms with Gasteiger partial charge >= 0.3 is 5.69 Å².